The molecule has 3 atom stereocenters. The molecule has 0 N–H and O–H groups in total. The molecule has 0 aromatic heterocycles. The van der Waals surface area contributed by atoms with Gasteiger partial charge < -0.3 is 9.64 Å². The quantitative estimate of drug-likeness (QED) is 0.424. The van der Waals surface area contributed by atoms with Crippen molar-refractivity contribution in [2.75, 3.05) is 12.0 Å². The number of carbonyl (C=O) groups is 3. The lowest BCUT2D eigenvalue weighted by molar-refractivity contribution is -0.142. The zero-order chi connectivity index (χ0) is 23.6. The summed E-state index contributed by atoms with van der Waals surface area (Å²) in [6, 6.07) is 18.3. The van der Waals surface area contributed by atoms with Gasteiger partial charge in [-0.05, 0) is 29.3 Å². The second kappa shape index (κ2) is 7.22. The molecular formula is C28H20FNO4. The molecule has 0 amide bonds. The highest BCUT2D eigenvalue weighted by Crippen LogP contribution is 2.60. The van der Waals surface area contributed by atoms with Crippen LogP contribution in [0.4, 0.5) is 10.1 Å². The van der Waals surface area contributed by atoms with Gasteiger partial charge in [0.2, 0.25) is 0 Å². The van der Waals surface area contributed by atoms with Crippen LogP contribution < -0.4 is 4.90 Å². The topological polar surface area (TPSA) is 63.7 Å². The molecule has 3 aliphatic rings. The summed E-state index contributed by atoms with van der Waals surface area (Å²) in [6.07, 6.45) is 3.73. The van der Waals surface area contributed by atoms with Crippen molar-refractivity contribution in [1.82, 2.24) is 0 Å². The zero-order valence-corrected chi connectivity index (χ0v) is 18.3. The molecule has 3 aromatic carbocycles. The number of ether oxygens (including phenoxy) is 1. The van der Waals surface area contributed by atoms with Crippen LogP contribution in [0.3, 0.4) is 0 Å². The Kier molecular flexibility index (Phi) is 4.36. The van der Waals surface area contributed by atoms with Crippen LogP contribution in [-0.2, 0) is 9.53 Å². The number of hydrogen-bond acceptors (Lipinski definition) is 5. The van der Waals surface area contributed by atoms with Gasteiger partial charge in [0.15, 0.2) is 11.6 Å². The minimum Gasteiger partial charge on any atom is -0.467 e. The average Bonchev–Trinajstić information content (AvgIpc) is 3.31. The van der Waals surface area contributed by atoms with E-state index in [1.165, 1.54) is 19.2 Å². The first-order valence-corrected chi connectivity index (χ1v) is 11.1. The summed E-state index contributed by atoms with van der Waals surface area (Å²) in [6.45, 7) is 0. The Balaban J connectivity index is 1.69. The first kappa shape index (κ1) is 20.5. The number of fused-ring (bicyclic) bond motifs is 5. The molecule has 1 spiro atoms. The highest BCUT2D eigenvalue weighted by atomic mass is 19.1. The summed E-state index contributed by atoms with van der Waals surface area (Å²) in [4.78, 5) is 43.6. The average molecular weight is 453 g/mol. The van der Waals surface area contributed by atoms with Gasteiger partial charge >= 0.3 is 5.97 Å². The number of carbonyl (C=O) groups excluding carboxylic acids is 3. The molecule has 0 saturated carbocycles. The van der Waals surface area contributed by atoms with Crippen molar-refractivity contribution in [3.8, 4) is 0 Å². The highest BCUT2D eigenvalue weighted by Gasteiger charge is 2.71. The van der Waals surface area contributed by atoms with Crippen LogP contribution in [0.2, 0.25) is 0 Å². The van der Waals surface area contributed by atoms with Gasteiger partial charge in [0.25, 0.3) is 0 Å². The van der Waals surface area contributed by atoms with Gasteiger partial charge in [-0.15, -0.1) is 0 Å². The molecule has 0 unspecified atom stereocenters. The largest absolute Gasteiger partial charge is 0.467 e. The fourth-order valence-corrected chi connectivity index (χ4v) is 6.05. The maximum Gasteiger partial charge on any atom is 0.329 e. The Labute approximate surface area is 195 Å². The third-order valence-electron chi connectivity index (χ3n) is 7.38. The predicted octanol–water partition coefficient (Wildman–Crippen LogP) is 4.43. The van der Waals surface area contributed by atoms with Gasteiger partial charge in [-0.3, -0.25) is 9.59 Å². The number of anilines is 1. The maximum absolute atomic E-state index is 14.2. The number of para-hydroxylation sites is 1. The number of halogens is 1. The minimum absolute atomic E-state index is 0.326. The molecule has 0 radical (unpaired) electrons. The number of benzene rings is 3. The third-order valence-corrected chi connectivity index (χ3v) is 7.38. The molecule has 6 rings (SSSR count). The van der Waals surface area contributed by atoms with Crippen molar-refractivity contribution in [2.24, 2.45) is 5.41 Å². The maximum atomic E-state index is 14.2. The normalized spacial score (nSPS) is 23.6. The summed E-state index contributed by atoms with van der Waals surface area (Å²) in [7, 11) is 1.29. The lowest BCUT2D eigenvalue weighted by Gasteiger charge is -2.36. The van der Waals surface area contributed by atoms with Gasteiger partial charge in [0, 0.05) is 22.7 Å². The SMILES string of the molecule is COC(=O)[C@H]1[C@H](c2ccc(F)cc2)C2(C(=O)c3ccccc3C2=O)[C@H]2C=Cc3ccccc3N12. The van der Waals surface area contributed by atoms with Gasteiger partial charge in [0.1, 0.15) is 17.3 Å². The Bertz CT molecular complexity index is 1360. The van der Waals surface area contributed by atoms with Gasteiger partial charge in [-0.2, -0.15) is 0 Å². The molecule has 1 fully saturated rings. The number of rotatable bonds is 2. The van der Waals surface area contributed by atoms with E-state index in [0.717, 1.165) is 11.3 Å². The van der Waals surface area contributed by atoms with Crippen molar-refractivity contribution in [3.63, 3.8) is 0 Å². The molecule has 2 heterocycles. The smallest absolute Gasteiger partial charge is 0.329 e. The number of nitrogens with zero attached hydrogens (tertiary/aromatic N) is 1. The molecule has 2 aliphatic heterocycles. The van der Waals surface area contributed by atoms with Crippen LogP contribution >= 0.6 is 0 Å². The molecule has 5 nitrogen and oxygen atoms in total. The number of ketones is 2. The third kappa shape index (κ3) is 2.45. The van der Waals surface area contributed by atoms with E-state index in [2.05, 4.69) is 0 Å². The fraction of sp³-hybridized carbons (Fsp3) is 0.179. The first-order chi connectivity index (χ1) is 16.5. The molecule has 0 bridgehead atoms. The predicted molar refractivity (Wildman–Crippen MR) is 124 cm³/mol. The van der Waals surface area contributed by atoms with Gasteiger partial charge in [-0.1, -0.05) is 66.7 Å². The van der Waals surface area contributed by atoms with E-state index in [1.54, 1.807) is 36.4 Å². The summed E-state index contributed by atoms with van der Waals surface area (Å²) < 4.78 is 19.1. The summed E-state index contributed by atoms with van der Waals surface area (Å²) in [5.74, 6) is -2.53. The van der Waals surface area contributed by atoms with Crippen molar-refractivity contribution in [3.05, 3.63) is 107 Å². The van der Waals surface area contributed by atoms with E-state index < -0.39 is 35.2 Å². The second-order valence-electron chi connectivity index (χ2n) is 8.84. The first-order valence-electron chi connectivity index (χ1n) is 11.1. The van der Waals surface area contributed by atoms with Crippen molar-refractivity contribution < 1.29 is 23.5 Å². The van der Waals surface area contributed by atoms with Crippen LogP contribution in [-0.4, -0.2) is 36.7 Å². The van der Waals surface area contributed by atoms with Crippen LogP contribution in [0.5, 0.6) is 0 Å². The minimum atomic E-state index is -1.59. The standard InChI is InChI=1S/C28H20FNO4/c1-34-27(33)24-23(17-10-13-18(29)14-11-17)28(25(31)19-7-3-4-8-20(19)26(28)32)22-15-12-16-6-2-5-9-21(16)30(22)24/h2-15,22-24H,1H3/t22-,23+,24-/m1/s1. The molecule has 1 aliphatic carbocycles. The van der Waals surface area contributed by atoms with Crippen LogP contribution in [0.1, 0.15) is 37.8 Å². The lowest BCUT2D eigenvalue weighted by Crippen LogP contribution is -2.48. The van der Waals surface area contributed by atoms with Crippen molar-refractivity contribution >= 4 is 29.3 Å². The lowest BCUT2D eigenvalue weighted by atomic mass is 9.65. The van der Waals surface area contributed by atoms with Gasteiger partial charge in [-0.25, -0.2) is 9.18 Å². The second-order valence-corrected chi connectivity index (χ2v) is 8.84. The Morgan fingerprint density at radius 1 is 0.912 bits per heavy atom. The van der Waals surface area contributed by atoms with Crippen LogP contribution in [0.25, 0.3) is 6.08 Å². The van der Waals surface area contributed by atoms with Crippen molar-refractivity contribution in [2.45, 2.75) is 18.0 Å². The molecular weight excluding hydrogens is 433 g/mol. The Hall–Kier alpha value is -4.06. The molecule has 34 heavy (non-hydrogen) atoms. The number of hydrogen-bond donors (Lipinski definition) is 0. The number of esters is 1. The van der Waals surface area contributed by atoms with Crippen LogP contribution in [0.15, 0.2) is 78.9 Å². The molecule has 6 heteroatoms. The summed E-state index contributed by atoms with van der Waals surface area (Å²) >= 11 is 0. The van der Waals surface area contributed by atoms with E-state index in [1.807, 2.05) is 41.3 Å². The van der Waals surface area contributed by atoms with E-state index >= 15 is 0 Å². The highest BCUT2D eigenvalue weighted by molar-refractivity contribution is 6.32. The van der Waals surface area contributed by atoms with Crippen molar-refractivity contribution in [1.29, 1.82) is 0 Å². The monoisotopic (exact) mass is 453 g/mol. The zero-order valence-electron chi connectivity index (χ0n) is 18.3. The summed E-state index contributed by atoms with van der Waals surface area (Å²) in [5.41, 5.74) is 1.25. The molecule has 3 aromatic rings. The molecule has 168 valence electrons. The van der Waals surface area contributed by atoms with E-state index in [9.17, 15) is 18.8 Å². The van der Waals surface area contributed by atoms with Gasteiger partial charge in [0.05, 0.1) is 13.2 Å². The number of methoxy groups -OCH3 is 1. The Morgan fingerprint density at radius 3 is 2.18 bits per heavy atom. The Morgan fingerprint density at radius 2 is 1.53 bits per heavy atom. The summed E-state index contributed by atoms with van der Waals surface area (Å²) in [5, 5.41) is 0. The van der Waals surface area contributed by atoms with E-state index in [0.29, 0.717) is 16.7 Å². The van der Waals surface area contributed by atoms with Crippen LogP contribution in [0, 0.1) is 11.2 Å². The van der Waals surface area contributed by atoms with E-state index in [4.69, 9.17) is 4.74 Å². The fourth-order valence-electron chi connectivity index (χ4n) is 6.05. The molecule has 1 saturated heterocycles. The van der Waals surface area contributed by atoms with E-state index in [-0.39, 0.29) is 11.6 Å². The number of Topliss-reactive ketones (excluding diaryl/α,β-unsaturated/α-hetero) is 2.